The maximum absolute atomic E-state index is 9.83. The van der Waals surface area contributed by atoms with Gasteiger partial charge in [0.25, 0.3) is 0 Å². The second-order valence-corrected chi connectivity index (χ2v) is 4.17. The number of fused-ring (bicyclic) bond motifs is 1. The molecule has 2 rings (SSSR count). The molecule has 0 radical (unpaired) electrons. The van der Waals surface area contributed by atoms with Crippen LogP contribution in [0.2, 0.25) is 5.02 Å². The van der Waals surface area contributed by atoms with Crippen molar-refractivity contribution < 1.29 is 5.11 Å². The number of halogens is 1. The second kappa shape index (κ2) is 4.17. The summed E-state index contributed by atoms with van der Waals surface area (Å²) in [5.74, 6) is 0. The number of hydrogen-bond acceptors (Lipinski definition) is 2. The van der Waals surface area contributed by atoms with Gasteiger partial charge in [-0.15, -0.1) is 0 Å². The first-order valence-corrected chi connectivity index (χ1v) is 5.30. The normalized spacial score (nSPS) is 12.6. The summed E-state index contributed by atoms with van der Waals surface area (Å²) in [4.78, 5) is 0. The summed E-state index contributed by atoms with van der Waals surface area (Å²) in [6.07, 6.45) is 1.19. The van der Waals surface area contributed by atoms with Gasteiger partial charge in [-0.2, -0.15) is 5.26 Å². The van der Waals surface area contributed by atoms with E-state index < -0.39 is 6.10 Å². The van der Waals surface area contributed by atoms with Gasteiger partial charge in [-0.05, 0) is 12.1 Å². The lowest BCUT2D eigenvalue weighted by Gasteiger charge is -2.03. The minimum absolute atomic E-state index is 0.0989. The zero-order chi connectivity index (χ0) is 11.7. The highest BCUT2D eigenvalue weighted by atomic mass is 35.5. The molecule has 3 nitrogen and oxygen atoms in total. The van der Waals surface area contributed by atoms with Crippen LogP contribution in [0.25, 0.3) is 10.9 Å². The first kappa shape index (κ1) is 11.0. The first-order valence-electron chi connectivity index (χ1n) is 4.93. The topological polar surface area (TPSA) is 49.0 Å². The van der Waals surface area contributed by atoms with E-state index in [0.29, 0.717) is 5.02 Å². The van der Waals surface area contributed by atoms with Crippen LogP contribution in [0, 0.1) is 11.3 Å². The Kier molecular flexibility index (Phi) is 2.86. The monoisotopic (exact) mass is 234 g/mol. The van der Waals surface area contributed by atoms with Gasteiger partial charge in [0.15, 0.2) is 0 Å². The fourth-order valence-electron chi connectivity index (χ4n) is 1.85. The molecule has 0 bridgehead atoms. The van der Waals surface area contributed by atoms with E-state index in [4.69, 9.17) is 16.9 Å². The van der Waals surface area contributed by atoms with Crippen LogP contribution >= 0.6 is 11.6 Å². The summed E-state index contributed by atoms with van der Waals surface area (Å²) in [5, 5.41) is 20.0. The van der Waals surface area contributed by atoms with Gasteiger partial charge in [-0.1, -0.05) is 17.7 Å². The Hall–Kier alpha value is -1.50. The Morgan fingerprint density at radius 3 is 3.00 bits per heavy atom. The summed E-state index contributed by atoms with van der Waals surface area (Å²) >= 11 is 5.91. The third kappa shape index (κ3) is 1.78. The SMILES string of the molecule is Cn1cc(C(O)CC#N)c2ccc(Cl)cc21. The van der Waals surface area contributed by atoms with Gasteiger partial charge in [0.05, 0.1) is 18.6 Å². The number of rotatable bonds is 2. The van der Waals surface area contributed by atoms with E-state index in [1.807, 2.05) is 36.0 Å². The molecule has 0 saturated heterocycles. The number of aromatic nitrogens is 1. The van der Waals surface area contributed by atoms with E-state index in [1.54, 1.807) is 6.07 Å². The fourth-order valence-corrected chi connectivity index (χ4v) is 2.02. The van der Waals surface area contributed by atoms with Crippen molar-refractivity contribution in [3.63, 3.8) is 0 Å². The van der Waals surface area contributed by atoms with E-state index in [0.717, 1.165) is 16.5 Å². The quantitative estimate of drug-likeness (QED) is 0.869. The molecule has 82 valence electrons. The smallest absolute Gasteiger partial charge is 0.0940 e. The van der Waals surface area contributed by atoms with Crippen LogP contribution in [0.3, 0.4) is 0 Å². The molecule has 0 amide bonds. The Morgan fingerprint density at radius 2 is 2.31 bits per heavy atom. The highest BCUT2D eigenvalue weighted by Gasteiger charge is 2.14. The minimum Gasteiger partial charge on any atom is -0.387 e. The molecule has 0 aliphatic carbocycles. The van der Waals surface area contributed by atoms with Gasteiger partial charge in [-0.25, -0.2) is 0 Å². The Balaban J connectivity index is 2.60. The lowest BCUT2D eigenvalue weighted by atomic mass is 10.1. The second-order valence-electron chi connectivity index (χ2n) is 3.73. The maximum Gasteiger partial charge on any atom is 0.0940 e. The van der Waals surface area contributed by atoms with Crippen molar-refractivity contribution >= 4 is 22.5 Å². The summed E-state index contributed by atoms with van der Waals surface area (Å²) < 4.78 is 1.90. The number of aryl methyl sites for hydroxylation is 1. The average molecular weight is 235 g/mol. The fraction of sp³-hybridized carbons (Fsp3) is 0.250. The summed E-state index contributed by atoms with van der Waals surface area (Å²) in [7, 11) is 1.89. The molecule has 0 aliphatic heterocycles. The minimum atomic E-state index is -0.741. The van der Waals surface area contributed by atoms with E-state index in [9.17, 15) is 5.11 Å². The summed E-state index contributed by atoms with van der Waals surface area (Å²) in [5.41, 5.74) is 1.73. The third-order valence-corrected chi connectivity index (χ3v) is 2.86. The number of nitriles is 1. The van der Waals surface area contributed by atoms with Crippen molar-refractivity contribution in [3.8, 4) is 6.07 Å². The molecule has 1 N–H and O–H groups in total. The Bertz CT molecular complexity index is 568. The third-order valence-electron chi connectivity index (χ3n) is 2.63. The van der Waals surface area contributed by atoms with Crippen LogP contribution in [-0.4, -0.2) is 9.67 Å². The largest absolute Gasteiger partial charge is 0.387 e. The standard InChI is InChI=1S/C12H11ClN2O/c1-15-7-10(12(16)4-5-14)9-3-2-8(13)6-11(9)15/h2-3,6-7,12,16H,4H2,1H3. The van der Waals surface area contributed by atoms with Crippen LogP contribution in [-0.2, 0) is 7.05 Å². The lowest BCUT2D eigenvalue weighted by Crippen LogP contribution is -1.94. The molecular weight excluding hydrogens is 224 g/mol. The molecular formula is C12H11ClN2O. The van der Waals surface area contributed by atoms with E-state index >= 15 is 0 Å². The predicted octanol–water partition coefficient (Wildman–Crippen LogP) is 2.78. The molecule has 1 aromatic carbocycles. The number of nitrogens with zero attached hydrogens (tertiary/aromatic N) is 2. The molecule has 1 heterocycles. The van der Waals surface area contributed by atoms with Crippen LogP contribution in [0.5, 0.6) is 0 Å². The average Bonchev–Trinajstić information content (AvgIpc) is 2.56. The molecule has 1 atom stereocenters. The number of benzene rings is 1. The van der Waals surface area contributed by atoms with E-state index in [2.05, 4.69) is 0 Å². The highest BCUT2D eigenvalue weighted by molar-refractivity contribution is 6.31. The Morgan fingerprint density at radius 1 is 1.56 bits per heavy atom. The van der Waals surface area contributed by atoms with Crippen molar-refractivity contribution in [2.45, 2.75) is 12.5 Å². The molecule has 0 saturated carbocycles. The molecule has 1 aromatic heterocycles. The summed E-state index contributed by atoms with van der Waals surface area (Å²) in [6.45, 7) is 0. The molecule has 1 unspecified atom stereocenters. The van der Waals surface area contributed by atoms with Crippen LogP contribution in [0.4, 0.5) is 0 Å². The van der Waals surface area contributed by atoms with Gasteiger partial charge >= 0.3 is 0 Å². The van der Waals surface area contributed by atoms with Gasteiger partial charge in [0.1, 0.15) is 0 Å². The molecule has 0 fully saturated rings. The van der Waals surface area contributed by atoms with Crippen molar-refractivity contribution in [2.24, 2.45) is 7.05 Å². The molecule has 4 heteroatoms. The molecule has 0 spiro atoms. The zero-order valence-corrected chi connectivity index (χ0v) is 9.57. The van der Waals surface area contributed by atoms with Gasteiger partial charge in [0, 0.05) is 34.7 Å². The van der Waals surface area contributed by atoms with Gasteiger partial charge in [0.2, 0.25) is 0 Å². The molecule has 0 aliphatic rings. The number of hydrogen-bond donors (Lipinski definition) is 1. The number of aliphatic hydroxyl groups excluding tert-OH is 1. The maximum atomic E-state index is 9.83. The van der Waals surface area contributed by atoms with E-state index in [-0.39, 0.29) is 6.42 Å². The molecule has 16 heavy (non-hydrogen) atoms. The van der Waals surface area contributed by atoms with Gasteiger partial charge < -0.3 is 9.67 Å². The highest BCUT2D eigenvalue weighted by Crippen LogP contribution is 2.29. The van der Waals surface area contributed by atoms with Crippen molar-refractivity contribution in [3.05, 3.63) is 35.0 Å². The predicted molar refractivity (Wildman–Crippen MR) is 63.1 cm³/mol. The molecule has 2 aromatic rings. The van der Waals surface area contributed by atoms with Crippen LogP contribution in [0.15, 0.2) is 24.4 Å². The number of aliphatic hydroxyl groups is 1. The van der Waals surface area contributed by atoms with Crippen molar-refractivity contribution in [2.75, 3.05) is 0 Å². The first-order chi connectivity index (χ1) is 7.63. The van der Waals surface area contributed by atoms with Crippen molar-refractivity contribution in [1.82, 2.24) is 4.57 Å². The van der Waals surface area contributed by atoms with Gasteiger partial charge in [-0.3, -0.25) is 0 Å². The van der Waals surface area contributed by atoms with E-state index in [1.165, 1.54) is 0 Å². The summed E-state index contributed by atoms with van der Waals surface area (Å²) in [6, 6.07) is 7.47. The van der Waals surface area contributed by atoms with Crippen LogP contribution in [0.1, 0.15) is 18.1 Å². The lowest BCUT2D eigenvalue weighted by molar-refractivity contribution is 0.185. The van der Waals surface area contributed by atoms with Crippen LogP contribution < -0.4 is 0 Å². The van der Waals surface area contributed by atoms with Crippen molar-refractivity contribution in [1.29, 1.82) is 5.26 Å². The Labute approximate surface area is 98.5 Å². The zero-order valence-electron chi connectivity index (χ0n) is 8.81.